The van der Waals surface area contributed by atoms with E-state index in [2.05, 4.69) is 66.3 Å². The maximum Gasteiger partial charge on any atom is 0.191 e. The van der Waals surface area contributed by atoms with Gasteiger partial charge in [-0.3, -0.25) is 9.67 Å². The second kappa shape index (κ2) is 8.46. The summed E-state index contributed by atoms with van der Waals surface area (Å²) in [7, 11) is 3.68. The lowest BCUT2D eigenvalue weighted by molar-refractivity contribution is 0.244. The van der Waals surface area contributed by atoms with Crippen molar-refractivity contribution in [2.75, 3.05) is 32.0 Å². The molecule has 0 bridgehead atoms. The van der Waals surface area contributed by atoms with Gasteiger partial charge in [-0.25, -0.2) is 9.97 Å². The Bertz CT molecular complexity index is 975. The first-order valence-corrected chi connectivity index (χ1v) is 10.1. The van der Waals surface area contributed by atoms with Gasteiger partial charge in [0.05, 0.1) is 11.6 Å². The van der Waals surface area contributed by atoms with Crippen LogP contribution in [0, 0.1) is 0 Å². The van der Waals surface area contributed by atoms with Gasteiger partial charge in [0.1, 0.15) is 12.1 Å². The standard InChI is InChI=1S/C21H28N8/c1-22-20(25-14-21(9-6-10-21)16-7-4-3-5-8-16)24-12-11-23-18-17-13-28-29(2)19(17)27-15-26-18/h3-5,7-8,13,15H,6,9-12,14H2,1-2H3,(H2,22,24,25)(H,23,26,27). The average molecular weight is 393 g/mol. The lowest BCUT2D eigenvalue weighted by atomic mass is 9.64. The van der Waals surface area contributed by atoms with Gasteiger partial charge in [-0.05, 0) is 18.4 Å². The molecule has 0 spiro atoms. The fraction of sp³-hybridized carbons (Fsp3) is 0.429. The van der Waals surface area contributed by atoms with Crippen molar-refractivity contribution < 1.29 is 0 Å². The normalized spacial score (nSPS) is 15.7. The van der Waals surface area contributed by atoms with Crippen LogP contribution in [0.1, 0.15) is 24.8 Å². The van der Waals surface area contributed by atoms with Gasteiger partial charge in [0.2, 0.25) is 0 Å². The topological polar surface area (TPSA) is 92.1 Å². The zero-order valence-electron chi connectivity index (χ0n) is 17.0. The van der Waals surface area contributed by atoms with E-state index in [-0.39, 0.29) is 5.41 Å². The van der Waals surface area contributed by atoms with E-state index in [4.69, 9.17) is 0 Å². The third-order valence-corrected chi connectivity index (χ3v) is 5.75. The molecule has 3 aromatic rings. The Morgan fingerprint density at radius 3 is 2.69 bits per heavy atom. The lowest BCUT2D eigenvalue weighted by Gasteiger charge is -2.43. The third kappa shape index (κ3) is 4.01. The number of nitrogens with one attached hydrogen (secondary N) is 3. The number of aromatic nitrogens is 4. The predicted molar refractivity (Wildman–Crippen MR) is 116 cm³/mol. The second-order valence-corrected chi connectivity index (χ2v) is 7.51. The van der Waals surface area contributed by atoms with E-state index in [1.54, 1.807) is 17.2 Å². The first-order valence-electron chi connectivity index (χ1n) is 10.1. The summed E-state index contributed by atoms with van der Waals surface area (Å²) in [6.45, 7) is 2.33. The maximum atomic E-state index is 4.37. The van der Waals surface area contributed by atoms with Crippen LogP contribution in [0.2, 0.25) is 0 Å². The van der Waals surface area contributed by atoms with Gasteiger partial charge in [-0.2, -0.15) is 5.10 Å². The van der Waals surface area contributed by atoms with Gasteiger partial charge in [0, 0.05) is 39.1 Å². The molecule has 3 N–H and O–H groups in total. The molecule has 29 heavy (non-hydrogen) atoms. The minimum Gasteiger partial charge on any atom is -0.368 e. The van der Waals surface area contributed by atoms with Crippen LogP contribution in [0.15, 0.2) is 47.8 Å². The second-order valence-electron chi connectivity index (χ2n) is 7.51. The van der Waals surface area contributed by atoms with Gasteiger partial charge >= 0.3 is 0 Å². The Hall–Kier alpha value is -3.16. The van der Waals surface area contributed by atoms with Crippen molar-refractivity contribution in [1.82, 2.24) is 30.4 Å². The first kappa shape index (κ1) is 19.2. The Morgan fingerprint density at radius 2 is 1.97 bits per heavy atom. The highest BCUT2D eigenvalue weighted by molar-refractivity contribution is 5.86. The predicted octanol–water partition coefficient (Wildman–Crippen LogP) is 2.06. The number of guanidine groups is 1. The minimum atomic E-state index is 0.226. The molecular weight excluding hydrogens is 364 g/mol. The molecule has 0 radical (unpaired) electrons. The van der Waals surface area contributed by atoms with Gasteiger partial charge in [-0.15, -0.1) is 0 Å². The average Bonchev–Trinajstić information content (AvgIpc) is 3.11. The Morgan fingerprint density at radius 1 is 1.14 bits per heavy atom. The molecule has 0 aliphatic heterocycles. The van der Waals surface area contributed by atoms with Gasteiger partial charge in [-0.1, -0.05) is 36.8 Å². The van der Waals surface area contributed by atoms with Crippen LogP contribution in [-0.2, 0) is 12.5 Å². The van der Waals surface area contributed by atoms with Crippen LogP contribution in [0.3, 0.4) is 0 Å². The lowest BCUT2D eigenvalue weighted by Crippen LogP contribution is -2.49. The Labute approximate surface area is 170 Å². The molecular formula is C21H28N8. The van der Waals surface area contributed by atoms with Gasteiger partial charge < -0.3 is 16.0 Å². The molecule has 0 saturated heterocycles. The number of aliphatic imine (C=N–C) groups is 1. The fourth-order valence-corrected chi connectivity index (χ4v) is 3.90. The summed E-state index contributed by atoms with van der Waals surface area (Å²) in [5.74, 6) is 1.62. The molecule has 2 heterocycles. The highest BCUT2D eigenvalue weighted by atomic mass is 15.3. The number of rotatable bonds is 7. The molecule has 8 heteroatoms. The molecule has 1 fully saturated rings. The van der Waals surface area contributed by atoms with Crippen LogP contribution in [-0.4, -0.2) is 52.4 Å². The van der Waals surface area contributed by atoms with Crippen LogP contribution in [0.5, 0.6) is 0 Å². The zero-order chi connectivity index (χ0) is 20.1. The van der Waals surface area contributed by atoms with Crippen molar-refractivity contribution in [2.24, 2.45) is 12.0 Å². The van der Waals surface area contributed by atoms with Crippen molar-refractivity contribution >= 4 is 22.8 Å². The van der Waals surface area contributed by atoms with E-state index >= 15 is 0 Å². The van der Waals surface area contributed by atoms with E-state index in [0.717, 1.165) is 35.9 Å². The number of hydrogen-bond acceptors (Lipinski definition) is 5. The third-order valence-electron chi connectivity index (χ3n) is 5.75. The summed E-state index contributed by atoms with van der Waals surface area (Å²) in [6, 6.07) is 10.8. The Balaban J connectivity index is 1.28. The molecule has 0 atom stereocenters. The molecule has 0 amide bonds. The molecule has 1 aromatic carbocycles. The van der Waals surface area contributed by atoms with Gasteiger partial charge in [0.25, 0.3) is 0 Å². The smallest absolute Gasteiger partial charge is 0.191 e. The monoisotopic (exact) mass is 392 g/mol. The summed E-state index contributed by atoms with van der Waals surface area (Å²) in [5, 5.41) is 15.4. The van der Waals surface area contributed by atoms with Crippen molar-refractivity contribution in [1.29, 1.82) is 0 Å². The van der Waals surface area contributed by atoms with Crippen LogP contribution >= 0.6 is 0 Å². The highest BCUT2D eigenvalue weighted by Crippen LogP contribution is 2.43. The molecule has 1 aliphatic rings. The van der Waals surface area contributed by atoms with Crippen LogP contribution < -0.4 is 16.0 Å². The fourth-order valence-electron chi connectivity index (χ4n) is 3.90. The number of anilines is 1. The van der Waals surface area contributed by atoms with Crippen LogP contribution in [0.4, 0.5) is 5.82 Å². The Kier molecular flexibility index (Phi) is 5.59. The minimum absolute atomic E-state index is 0.226. The van der Waals surface area contributed by atoms with Crippen LogP contribution in [0.25, 0.3) is 11.0 Å². The SMILES string of the molecule is CN=C(NCCNc1ncnc2c1cnn2C)NCC1(c2ccccc2)CCC1. The first-order chi connectivity index (χ1) is 14.2. The quantitative estimate of drug-likeness (QED) is 0.324. The maximum absolute atomic E-state index is 4.37. The number of fused-ring (bicyclic) bond motifs is 1. The number of benzene rings is 1. The molecule has 4 rings (SSSR count). The summed E-state index contributed by atoms with van der Waals surface area (Å²) in [5.41, 5.74) is 2.46. The van der Waals surface area contributed by atoms with Crippen molar-refractivity contribution in [3.63, 3.8) is 0 Å². The number of hydrogen-bond donors (Lipinski definition) is 3. The van der Waals surface area contributed by atoms with Crippen molar-refractivity contribution in [3.05, 3.63) is 48.4 Å². The summed E-state index contributed by atoms with van der Waals surface area (Å²) >= 11 is 0. The van der Waals surface area contributed by atoms with Crippen molar-refractivity contribution in [3.8, 4) is 0 Å². The van der Waals surface area contributed by atoms with E-state index in [0.29, 0.717) is 6.54 Å². The summed E-state index contributed by atoms with van der Waals surface area (Å²) < 4.78 is 1.75. The van der Waals surface area contributed by atoms with E-state index in [1.165, 1.54) is 24.8 Å². The van der Waals surface area contributed by atoms with Crippen molar-refractivity contribution in [2.45, 2.75) is 24.7 Å². The van der Waals surface area contributed by atoms with E-state index in [9.17, 15) is 0 Å². The molecule has 2 aromatic heterocycles. The zero-order valence-corrected chi connectivity index (χ0v) is 17.0. The molecule has 0 unspecified atom stereocenters. The molecule has 8 nitrogen and oxygen atoms in total. The molecule has 152 valence electrons. The summed E-state index contributed by atoms with van der Waals surface area (Å²) in [4.78, 5) is 13.0. The van der Waals surface area contributed by atoms with E-state index in [1.807, 2.05) is 14.1 Å². The molecule has 1 saturated carbocycles. The largest absolute Gasteiger partial charge is 0.368 e. The number of aryl methyl sites for hydroxylation is 1. The summed E-state index contributed by atoms with van der Waals surface area (Å²) in [6.07, 6.45) is 7.07. The van der Waals surface area contributed by atoms with Gasteiger partial charge in [0.15, 0.2) is 11.6 Å². The number of nitrogens with zero attached hydrogens (tertiary/aromatic N) is 5. The highest BCUT2D eigenvalue weighted by Gasteiger charge is 2.38. The molecule has 1 aliphatic carbocycles. The van der Waals surface area contributed by atoms with E-state index < -0.39 is 0 Å².